The van der Waals surface area contributed by atoms with Crippen molar-refractivity contribution in [3.05, 3.63) is 58.6 Å². The topological polar surface area (TPSA) is 81.7 Å². The van der Waals surface area contributed by atoms with Gasteiger partial charge in [-0.1, -0.05) is 17.7 Å². The van der Waals surface area contributed by atoms with Crippen LogP contribution in [0.25, 0.3) is 0 Å². The van der Waals surface area contributed by atoms with Crippen molar-refractivity contribution in [3.63, 3.8) is 0 Å². The first-order valence-corrected chi connectivity index (χ1v) is 9.13. The predicted molar refractivity (Wildman–Crippen MR) is 92.0 cm³/mol. The van der Waals surface area contributed by atoms with Crippen molar-refractivity contribution < 1.29 is 22.7 Å². The van der Waals surface area contributed by atoms with Gasteiger partial charge in [-0.3, -0.25) is 4.72 Å². The van der Waals surface area contributed by atoms with Gasteiger partial charge in [0.05, 0.1) is 18.9 Å². The van der Waals surface area contributed by atoms with Crippen LogP contribution in [0, 0.1) is 0 Å². The Balaban J connectivity index is 2.11. The third-order valence-electron chi connectivity index (χ3n) is 3.00. The minimum Gasteiger partial charge on any atom is -0.496 e. The summed E-state index contributed by atoms with van der Waals surface area (Å²) in [4.78, 5) is 12.1. The molecule has 0 aromatic heterocycles. The van der Waals surface area contributed by atoms with Crippen LogP contribution in [0.1, 0.15) is 15.9 Å². The highest BCUT2D eigenvalue weighted by Gasteiger charge is 2.12. The van der Waals surface area contributed by atoms with Gasteiger partial charge in [-0.2, -0.15) is 0 Å². The van der Waals surface area contributed by atoms with Crippen molar-refractivity contribution in [3.8, 4) is 5.75 Å². The standard InChI is InChI=1S/C16H16ClNO5S/c1-22-15-7-6-13(17)8-12(15)10-23-16(19)11-4-3-5-14(9-11)18-24(2,20)21/h3-9,18H,10H2,1-2H3. The fourth-order valence-corrected chi connectivity index (χ4v) is 2.76. The van der Waals surface area contributed by atoms with Crippen LogP contribution < -0.4 is 9.46 Å². The zero-order valence-corrected chi connectivity index (χ0v) is 14.6. The minimum absolute atomic E-state index is 0.0215. The number of hydrogen-bond acceptors (Lipinski definition) is 5. The van der Waals surface area contributed by atoms with E-state index in [4.69, 9.17) is 21.1 Å². The van der Waals surface area contributed by atoms with Crippen molar-refractivity contribution in [2.75, 3.05) is 18.1 Å². The number of carbonyl (C=O) groups is 1. The highest BCUT2D eigenvalue weighted by atomic mass is 35.5. The molecule has 2 rings (SSSR count). The fraction of sp³-hybridized carbons (Fsp3) is 0.188. The SMILES string of the molecule is COc1ccc(Cl)cc1COC(=O)c1cccc(NS(C)(=O)=O)c1. The highest BCUT2D eigenvalue weighted by Crippen LogP contribution is 2.24. The molecule has 0 aliphatic heterocycles. The maximum atomic E-state index is 12.1. The summed E-state index contributed by atoms with van der Waals surface area (Å²) in [6.07, 6.45) is 1.03. The number of benzene rings is 2. The molecule has 0 atom stereocenters. The molecule has 0 radical (unpaired) electrons. The summed E-state index contributed by atoms with van der Waals surface area (Å²) < 4.78 is 35.2. The van der Waals surface area contributed by atoms with Crippen molar-refractivity contribution in [1.29, 1.82) is 0 Å². The van der Waals surface area contributed by atoms with E-state index >= 15 is 0 Å². The maximum absolute atomic E-state index is 12.1. The summed E-state index contributed by atoms with van der Waals surface area (Å²) >= 11 is 5.93. The second-order valence-corrected chi connectivity index (χ2v) is 7.17. The van der Waals surface area contributed by atoms with Crippen LogP contribution >= 0.6 is 11.6 Å². The van der Waals surface area contributed by atoms with Gasteiger partial charge >= 0.3 is 5.97 Å². The highest BCUT2D eigenvalue weighted by molar-refractivity contribution is 7.92. The van der Waals surface area contributed by atoms with Crippen LogP contribution in [0.3, 0.4) is 0 Å². The number of halogens is 1. The van der Waals surface area contributed by atoms with Gasteiger partial charge in [0, 0.05) is 16.3 Å². The normalized spacial score (nSPS) is 11.0. The van der Waals surface area contributed by atoms with Gasteiger partial charge in [0.2, 0.25) is 10.0 Å². The third-order valence-corrected chi connectivity index (χ3v) is 3.84. The van der Waals surface area contributed by atoms with Gasteiger partial charge in [0.25, 0.3) is 0 Å². The lowest BCUT2D eigenvalue weighted by atomic mass is 10.2. The summed E-state index contributed by atoms with van der Waals surface area (Å²) in [6.45, 7) is -0.0215. The van der Waals surface area contributed by atoms with E-state index in [0.29, 0.717) is 16.3 Å². The molecule has 2 aromatic carbocycles. The molecule has 0 aliphatic carbocycles. The van der Waals surface area contributed by atoms with Gasteiger partial charge < -0.3 is 9.47 Å². The fourth-order valence-electron chi connectivity index (χ4n) is 2.01. The Morgan fingerprint density at radius 1 is 1.21 bits per heavy atom. The number of methoxy groups -OCH3 is 1. The summed E-state index contributed by atoms with van der Waals surface area (Å²) in [6, 6.07) is 11.0. The summed E-state index contributed by atoms with van der Waals surface area (Å²) in [7, 11) is -1.91. The summed E-state index contributed by atoms with van der Waals surface area (Å²) in [5.74, 6) is -0.0335. The average Bonchev–Trinajstić information content (AvgIpc) is 2.51. The molecule has 0 fully saturated rings. The number of ether oxygens (including phenoxy) is 2. The summed E-state index contributed by atoms with van der Waals surface area (Å²) in [5, 5.41) is 0.501. The van der Waals surface area contributed by atoms with Crippen molar-refractivity contribution >= 4 is 33.3 Å². The number of rotatable bonds is 6. The van der Waals surface area contributed by atoms with E-state index < -0.39 is 16.0 Å². The van der Waals surface area contributed by atoms with E-state index in [1.807, 2.05) is 0 Å². The van der Waals surface area contributed by atoms with Crippen molar-refractivity contribution in [1.82, 2.24) is 0 Å². The van der Waals surface area contributed by atoms with E-state index in [1.165, 1.54) is 25.3 Å². The quantitative estimate of drug-likeness (QED) is 0.791. The van der Waals surface area contributed by atoms with Gasteiger partial charge in [0.1, 0.15) is 12.4 Å². The van der Waals surface area contributed by atoms with Gasteiger partial charge in [-0.25, -0.2) is 13.2 Å². The number of anilines is 1. The Morgan fingerprint density at radius 3 is 2.62 bits per heavy atom. The zero-order chi connectivity index (χ0) is 17.7. The molecule has 6 nitrogen and oxygen atoms in total. The molecule has 0 spiro atoms. The molecule has 0 amide bonds. The number of sulfonamides is 1. The molecule has 24 heavy (non-hydrogen) atoms. The van der Waals surface area contributed by atoms with Crippen LogP contribution in [0.4, 0.5) is 5.69 Å². The van der Waals surface area contributed by atoms with E-state index in [2.05, 4.69) is 4.72 Å². The lowest BCUT2D eigenvalue weighted by Gasteiger charge is -2.10. The molecule has 8 heteroatoms. The lowest BCUT2D eigenvalue weighted by Crippen LogP contribution is -2.11. The third kappa shape index (κ3) is 5.14. The Morgan fingerprint density at radius 2 is 1.96 bits per heavy atom. The first-order chi connectivity index (χ1) is 11.3. The Kier molecular flexibility index (Phi) is 5.69. The van der Waals surface area contributed by atoms with E-state index in [1.54, 1.807) is 24.3 Å². The summed E-state index contributed by atoms with van der Waals surface area (Å²) in [5.41, 5.74) is 1.14. The van der Waals surface area contributed by atoms with Crippen LogP contribution in [0.5, 0.6) is 5.75 Å². The van der Waals surface area contributed by atoms with Gasteiger partial charge in [0.15, 0.2) is 0 Å². The second-order valence-electron chi connectivity index (χ2n) is 4.99. The molecule has 0 unspecified atom stereocenters. The first kappa shape index (κ1) is 18.1. The van der Waals surface area contributed by atoms with Gasteiger partial charge in [-0.05, 0) is 36.4 Å². The molecule has 0 saturated heterocycles. The lowest BCUT2D eigenvalue weighted by molar-refractivity contribution is 0.0470. The van der Waals surface area contributed by atoms with E-state index in [9.17, 15) is 13.2 Å². The Labute approximate surface area is 145 Å². The molecule has 128 valence electrons. The number of nitrogens with one attached hydrogen (secondary N) is 1. The minimum atomic E-state index is -3.42. The number of esters is 1. The first-order valence-electron chi connectivity index (χ1n) is 6.86. The molecule has 0 heterocycles. The predicted octanol–water partition coefficient (Wildman–Crippen LogP) is 3.08. The smallest absolute Gasteiger partial charge is 0.338 e. The zero-order valence-electron chi connectivity index (χ0n) is 13.1. The van der Waals surface area contributed by atoms with Crippen molar-refractivity contribution in [2.45, 2.75) is 6.61 Å². The Bertz CT molecular complexity index is 851. The van der Waals surface area contributed by atoms with Crippen LogP contribution in [-0.4, -0.2) is 27.8 Å². The van der Waals surface area contributed by atoms with Gasteiger partial charge in [-0.15, -0.1) is 0 Å². The average molecular weight is 370 g/mol. The second kappa shape index (κ2) is 7.55. The molecule has 1 N–H and O–H groups in total. The Hall–Kier alpha value is -2.25. The number of carbonyl (C=O) groups excluding carboxylic acids is 1. The molecule has 0 aliphatic rings. The molecule has 0 saturated carbocycles. The van der Waals surface area contributed by atoms with Crippen LogP contribution in [0.2, 0.25) is 5.02 Å². The molecular weight excluding hydrogens is 354 g/mol. The van der Waals surface area contributed by atoms with Crippen LogP contribution in [0.15, 0.2) is 42.5 Å². The van der Waals surface area contributed by atoms with E-state index in [-0.39, 0.29) is 17.9 Å². The number of hydrogen-bond donors (Lipinski definition) is 1. The van der Waals surface area contributed by atoms with Crippen molar-refractivity contribution in [2.24, 2.45) is 0 Å². The largest absolute Gasteiger partial charge is 0.496 e. The maximum Gasteiger partial charge on any atom is 0.338 e. The molecule has 2 aromatic rings. The molecular formula is C16H16ClNO5S. The monoisotopic (exact) mass is 369 g/mol. The molecule has 0 bridgehead atoms. The van der Waals surface area contributed by atoms with Crippen LogP contribution in [-0.2, 0) is 21.4 Å². The van der Waals surface area contributed by atoms with E-state index in [0.717, 1.165) is 6.26 Å².